The summed E-state index contributed by atoms with van der Waals surface area (Å²) < 4.78 is 0. The first-order valence-electron chi connectivity index (χ1n) is 4.87. The fourth-order valence-electron chi connectivity index (χ4n) is 1.45. The molecule has 0 unspecified atom stereocenters. The first-order chi connectivity index (χ1) is 6.72. The molecule has 0 radical (unpaired) electrons. The Morgan fingerprint density at radius 3 is 2.36 bits per heavy atom. The van der Waals surface area contributed by atoms with Crippen molar-refractivity contribution in [3.63, 3.8) is 0 Å². The van der Waals surface area contributed by atoms with E-state index in [4.69, 9.17) is 16.7 Å². The SMILES string of the molecule is CCN(CC)c1ccc(CO)c(Cl)c1. The first-order valence-corrected chi connectivity index (χ1v) is 5.25. The zero-order valence-electron chi connectivity index (χ0n) is 8.63. The molecule has 0 aliphatic carbocycles. The molecule has 0 aliphatic heterocycles. The molecular weight excluding hydrogens is 198 g/mol. The Bertz CT molecular complexity index is 297. The Balaban J connectivity index is 2.95. The molecule has 0 heterocycles. The smallest absolute Gasteiger partial charge is 0.0696 e. The van der Waals surface area contributed by atoms with Crippen LogP contribution in [0.15, 0.2) is 18.2 Å². The predicted octanol–water partition coefficient (Wildman–Crippen LogP) is 2.68. The van der Waals surface area contributed by atoms with Crippen LogP contribution in [0.3, 0.4) is 0 Å². The summed E-state index contributed by atoms with van der Waals surface area (Å²) >= 11 is 6.00. The van der Waals surface area contributed by atoms with Crippen molar-refractivity contribution in [2.45, 2.75) is 20.5 Å². The summed E-state index contributed by atoms with van der Waals surface area (Å²) in [5.74, 6) is 0. The molecular formula is C11H16ClNO. The molecule has 0 bridgehead atoms. The van der Waals surface area contributed by atoms with Crippen molar-refractivity contribution in [1.82, 2.24) is 0 Å². The van der Waals surface area contributed by atoms with Gasteiger partial charge in [0, 0.05) is 23.8 Å². The number of benzene rings is 1. The van der Waals surface area contributed by atoms with Gasteiger partial charge in [0.1, 0.15) is 0 Å². The molecule has 0 saturated carbocycles. The van der Waals surface area contributed by atoms with Crippen LogP contribution in [0.1, 0.15) is 19.4 Å². The van der Waals surface area contributed by atoms with Gasteiger partial charge in [-0.2, -0.15) is 0 Å². The number of nitrogens with zero attached hydrogens (tertiary/aromatic N) is 1. The van der Waals surface area contributed by atoms with Crippen LogP contribution < -0.4 is 4.90 Å². The molecule has 0 saturated heterocycles. The van der Waals surface area contributed by atoms with Gasteiger partial charge in [-0.15, -0.1) is 0 Å². The highest BCUT2D eigenvalue weighted by Crippen LogP contribution is 2.23. The van der Waals surface area contributed by atoms with Crippen molar-refractivity contribution in [2.24, 2.45) is 0 Å². The van der Waals surface area contributed by atoms with Crippen LogP contribution in [-0.2, 0) is 6.61 Å². The molecule has 1 aromatic rings. The maximum atomic E-state index is 8.96. The average molecular weight is 214 g/mol. The van der Waals surface area contributed by atoms with E-state index in [-0.39, 0.29) is 6.61 Å². The Hall–Kier alpha value is -0.730. The predicted molar refractivity (Wildman–Crippen MR) is 60.9 cm³/mol. The molecule has 0 spiro atoms. The van der Waals surface area contributed by atoms with Gasteiger partial charge < -0.3 is 10.0 Å². The Morgan fingerprint density at radius 2 is 1.93 bits per heavy atom. The molecule has 0 aromatic heterocycles. The number of hydrogen-bond donors (Lipinski definition) is 1. The molecule has 2 nitrogen and oxygen atoms in total. The third-order valence-corrected chi connectivity index (χ3v) is 2.69. The van der Waals surface area contributed by atoms with Crippen molar-refractivity contribution in [1.29, 1.82) is 0 Å². The minimum absolute atomic E-state index is 0.00262. The third-order valence-electron chi connectivity index (χ3n) is 2.34. The number of rotatable bonds is 4. The summed E-state index contributed by atoms with van der Waals surface area (Å²) in [6, 6.07) is 5.76. The lowest BCUT2D eigenvalue weighted by atomic mass is 10.2. The van der Waals surface area contributed by atoms with E-state index in [9.17, 15) is 0 Å². The fraction of sp³-hybridized carbons (Fsp3) is 0.455. The van der Waals surface area contributed by atoms with Crippen LogP contribution in [0.25, 0.3) is 0 Å². The lowest BCUT2D eigenvalue weighted by Gasteiger charge is -2.21. The fourth-order valence-corrected chi connectivity index (χ4v) is 1.68. The van der Waals surface area contributed by atoms with Crippen LogP contribution in [0.2, 0.25) is 5.02 Å². The van der Waals surface area contributed by atoms with Gasteiger partial charge in [-0.3, -0.25) is 0 Å². The minimum Gasteiger partial charge on any atom is -0.392 e. The van der Waals surface area contributed by atoms with Crippen LogP contribution in [-0.4, -0.2) is 18.2 Å². The quantitative estimate of drug-likeness (QED) is 0.832. The Kier molecular flexibility index (Phi) is 4.23. The second-order valence-electron chi connectivity index (χ2n) is 3.11. The maximum absolute atomic E-state index is 8.96. The largest absolute Gasteiger partial charge is 0.392 e. The number of anilines is 1. The van der Waals surface area contributed by atoms with E-state index in [0.717, 1.165) is 24.3 Å². The molecule has 0 atom stereocenters. The summed E-state index contributed by atoms with van der Waals surface area (Å²) in [5.41, 5.74) is 1.89. The van der Waals surface area contributed by atoms with E-state index in [1.807, 2.05) is 18.2 Å². The van der Waals surface area contributed by atoms with Crippen LogP contribution >= 0.6 is 11.6 Å². The normalized spacial score (nSPS) is 10.3. The second-order valence-corrected chi connectivity index (χ2v) is 3.51. The highest BCUT2D eigenvalue weighted by Gasteiger charge is 2.04. The van der Waals surface area contributed by atoms with E-state index in [0.29, 0.717) is 5.02 Å². The van der Waals surface area contributed by atoms with Gasteiger partial charge in [0.25, 0.3) is 0 Å². The summed E-state index contributed by atoms with van der Waals surface area (Å²) in [5, 5.41) is 9.60. The minimum atomic E-state index is -0.00262. The van der Waals surface area contributed by atoms with Crippen LogP contribution in [0, 0.1) is 0 Å². The topological polar surface area (TPSA) is 23.5 Å². The summed E-state index contributed by atoms with van der Waals surface area (Å²) in [7, 11) is 0. The molecule has 3 heteroatoms. The van der Waals surface area contributed by atoms with Crippen molar-refractivity contribution in [2.75, 3.05) is 18.0 Å². The van der Waals surface area contributed by atoms with Crippen molar-refractivity contribution in [3.05, 3.63) is 28.8 Å². The first kappa shape index (κ1) is 11.3. The average Bonchev–Trinajstić information content (AvgIpc) is 2.20. The van der Waals surface area contributed by atoms with E-state index in [1.165, 1.54) is 0 Å². The summed E-state index contributed by atoms with van der Waals surface area (Å²) in [4.78, 5) is 2.22. The molecule has 14 heavy (non-hydrogen) atoms. The number of aliphatic hydroxyl groups excluding tert-OH is 1. The highest BCUT2D eigenvalue weighted by atomic mass is 35.5. The molecule has 78 valence electrons. The van der Waals surface area contributed by atoms with E-state index >= 15 is 0 Å². The molecule has 1 N–H and O–H groups in total. The molecule has 0 fully saturated rings. The highest BCUT2D eigenvalue weighted by molar-refractivity contribution is 6.31. The standard InChI is InChI=1S/C11H16ClNO/c1-3-13(4-2)10-6-5-9(8-14)11(12)7-10/h5-7,14H,3-4,8H2,1-2H3. The molecule has 1 aromatic carbocycles. The Labute approximate surface area is 90.1 Å². The summed E-state index contributed by atoms with van der Waals surface area (Å²) in [6.07, 6.45) is 0. The van der Waals surface area contributed by atoms with E-state index in [1.54, 1.807) is 0 Å². The van der Waals surface area contributed by atoms with Crippen LogP contribution in [0.5, 0.6) is 0 Å². The molecule has 0 amide bonds. The van der Waals surface area contributed by atoms with Gasteiger partial charge in [-0.1, -0.05) is 17.7 Å². The lowest BCUT2D eigenvalue weighted by Crippen LogP contribution is -2.21. The van der Waals surface area contributed by atoms with Gasteiger partial charge in [-0.05, 0) is 31.5 Å². The molecule has 1 rings (SSSR count). The van der Waals surface area contributed by atoms with Crippen molar-refractivity contribution < 1.29 is 5.11 Å². The van der Waals surface area contributed by atoms with Gasteiger partial charge in [0.2, 0.25) is 0 Å². The zero-order valence-corrected chi connectivity index (χ0v) is 9.38. The number of hydrogen-bond acceptors (Lipinski definition) is 2. The zero-order chi connectivity index (χ0) is 10.6. The van der Waals surface area contributed by atoms with Gasteiger partial charge in [0.15, 0.2) is 0 Å². The Morgan fingerprint density at radius 1 is 1.29 bits per heavy atom. The van der Waals surface area contributed by atoms with Gasteiger partial charge in [-0.25, -0.2) is 0 Å². The monoisotopic (exact) mass is 213 g/mol. The van der Waals surface area contributed by atoms with E-state index in [2.05, 4.69) is 18.7 Å². The molecule has 0 aliphatic rings. The van der Waals surface area contributed by atoms with Gasteiger partial charge in [0.05, 0.1) is 6.61 Å². The van der Waals surface area contributed by atoms with Crippen molar-refractivity contribution in [3.8, 4) is 0 Å². The summed E-state index contributed by atoms with van der Waals surface area (Å²) in [6.45, 7) is 6.14. The third kappa shape index (κ3) is 2.40. The van der Waals surface area contributed by atoms with Crippen LogP contribution in [0.4, 0.5) is 5.69 Å². The van der Waals surface area contributed by atoms with Crippen molar-refractivity contribution >= 4 is 17.3 Å². The van der Waals surface area contributed by atoms with E-state index < -0.39 is 0 Å². The number of halogens is 1. The lowest BCUT2D eigenvalue weighted by molar-refractivity contribution is 0.282. The number of aliphatic hydroxyl groups is 1. The second kappa shape index (κ2) is 5.23. The van der Waals surface area contributed by atoms with Gasteiger partial charge >= 0.3 is 0 Å². The maximum Gasteiger partial charge on any atom is 0.0696 e.